The maximum atomic E-state index is 9.31. The van der Waals surface area contributed by atoms with Crippen molar-refractivity contribution in [1.29, 1.82) is 0 Å². The van der Waals surface area contributed by atoms with Gasteiger partial charge in [-0.25, -0.2) is 0 Å². The van der Waals surface area contributed by atoms with Crippen molar-refractivity contribution in [2.75, 3.05) is 13.2 Å². The Morgan fingerprint density at radius 1 is 1.53 bits per heavy atom. The molecule has 1 aliphatic carbocycles. The molecule has 0 spiro atoms. The number of aliphatic hydroxyl groups excluding tert-OH is 1. The van der Waals surface area contributed by atoms with Crippen LogP contribution in [0.15, 0.2) is 12.1 Å². The molecule has 1 aliphatic rings. The molecule has 17 heavy (non-hydrogen) atoms. The molecular weight excluding hydrogens is 256 g/mol. The van der Waals surface area contributed by atoms with Crippen molar-refractivity contribution in [3.05, 3.63) is 21.3 Å². The van der Waals surface area contributed by atoms with Crippen molar-refractivity contribution in [3.8, 4) is 0 Å². The van der Waals surface area contributed by atoms with Gasteiger partial charge in [0.25, 0.3) is 0 Å². The Balaban J connectivity index is 2.00. The molecule has 1 fully saturated rings. The first-order chi connectivity index (χ1) is 8.24. The summed E-state index contributed by atoms with van der Waals surface area (Å²) in [5.41, 5.74) is 5.82. The third-order valence-electron chi connectivity index (χ3n) is 3.48. The van der Waals surface area contributed by atoms with Crippen LogP contribution in [-0.2, 0) is 0 Å². The lowest BCUT2D eigenvalue weighted by Crippen LogP contribution is -2.39. The minimum absolute atomic E-state index is 0.157. The first-order valence-corrected chi connectivity index (χ1v) is 7.26. The second-order valence-corrected chi connectivity index (χ2v) is 6.32. The van der Waals surface area contributed by atoms with E-state index in [1.165, 1.54) is 11.3 Å². The minimum Gasteiger partial charge on any atom is -0.396 e. The SMILES string of the molecule is NCC(NC1CCCC1CO)c1ccc(Cl)s1. The average Bonchev–Trinajstić information content (AvgIpc) is 2.94. The van der Waals surface area contributed by atoms with Crippen molar-refractivity contribution < 1.29 is 5.11 Å². The predicted molar refractivity (Wildman–Crippen MR) is 72.5 cm³/mol. The molecule has 2 rings (SSSR count). The Hall–Kier alpha value is -0.130. The van der Waals surface area contributed by atoms with E-state index in [0.717, 1.165) is 17.2 Å². The van der Waals surface area contributed by atoms with E-state index in [0.29, 0.717) is 18.5 Å². The number of rotatable bonds is 5. The number of hydrogen-bond acceptors (Lipinski definition) is 4. The molecule has 0 saturated heterocycles. The van der Waals surface area contributed by atoms with E-state index in [-0.39, 0.29) is 12.6 Å². The summed E-state index contributed by atoms with van der Waals surface area (Å²) in [4.78, 5) is 1.18. The van der Waals surface area contributed by atoms with E-state index >= 15 is 0 Å². The van der Waals surface area contributed by atoms with E-state index in [4.69, 9.17) is 17.3 Å². The zero-order chi connectivity index (χ0) is 12.3. The highest BCUT2D eigenvalue weighted by Crippen LogP contribution is 2.30. The smallest absolute Gasteiger partial charge is 0.0931 e. The molecular formula is C12H19ClN2OS. The van der Waals surface area contributed by atoms with Crippen molar-refractivity contribution in [3.63, 3.8) is 0 Å². The zero-order valence-electron chi connectivity index (χ0n) is 9.73. The first kappa shape index (κ1) is 13.3. The van der Waals surface area contributed by atoms with Crippen LogP contribution in [0.4, 0.5) is 0 Å². The van der Waals surface area contributed by atoms with Crippen LogP contribution in [-0.4, -0.2) is 24.3 Å². The number of hydrogen-bond donors (Lipinski definition) is 3. The highest BCUT2D eigenvalue weighted by molar-refractivity contribution is 7.16. The summed E-state index contributed by atoms with van der Waals surface area (Å²) >= 11 is 7.52. The van der Waals surface area contributed by atoms with Crippen LogP contribution in [0.5, 0.6) is 0 Å². The van der Waals surface area contributed by atoms with Crippen LogP contribution in [0.3, 0.4) is 0 Å². The lowest BCUT2D eigenvalue weighted by atomic mass is 10.0. The van der Waals surface area contributed by atoms with Gasteiger partial charge in [0.1, 0.15) is 0 Å². The molecule has 96 valence electrons. The van der Waals surface area contributed by atoms with Gasteiger partial charge >= 0.3 is 0 Å². The summed E-state index contributed by atoms with van der Waals surface area (Å²) in [5, 5.41) is 12.9. The molecule has 0 radical (unpaired) electrons. The molecule has 5 heteroatoms. The number of halogens is 1. The summed E-state index contributed by atoms with van der Waals surface area (Å²) < 4.78 is 0.797. The van der Waals surface area contributed by atoms with Gasteiger partial charge in [-0.05, 0) is 30.9 Å². The highest BCUT2D eigenvalue weighted by atomic mass is 35.5. The van der Waals surface area contributed by atoms with Crippen molar-refractivity contribution in [1.82, 2.24) is 5.32 Å². The first-order valence-electron chi connectivity index (χ1n) is 6.06. The second-order valence-electron chi connectivity index (χ2n) is 4.58. The van der Waals surface area contributed by atoms with Crippen LogP contribution in [0.2, 0.25) is 4.34 Å². The van der Waals surface area contributed by atoms with E-state index < -0.39 is 0 Å². The second kappa shape index (κ2) is 6.16. The van der Waals surface area contributed by atoms with Crippen molar-refractivity contribution in [2.45, 2.75) is 31.3 Å². The fraction of sp³-hybridized carbons (Fsp3) is 0.667. The molecule has 1 heterocycles. The predicted octanol–water partition coefficient (Wildman–Crippen LogP) is 2.15. The molecule has 3 unspecified atom stereocenters. The van der Waals surface area contributed by atoms with Crippen LogP contribution >= 0.6 is 22.9 Å². The highest BCUT2D eigenvalue weighted by Gasteiger charge is 2.28. The van der Waals surface area contributed by atoms with E-state index in [1.54, 1.807) is 11.3 Å². The summed E-state index contributed by atoms with van der Waals surface area (Å²) in [6.45, 7) is 0.825. The summed E-state index contributed by atoms with van der Waals surface area (Å²) in [6, 6.07) is 4.48. The van der Waals surface area contributed by atoms with E-state index in [2.05, 4.69) is 5.32 Å². The summed E-state index contributed by atoms with van der Waals surface area (Å²) in [6.07, 6.45) is 3.42. The van der Waals surface area contributed by atoms with Crippen molar-refractivity contribution in [2.24, 2.45) is 11.7 Å². The Morgan fingerprint density at radius 2 is 2.35 bits per heavy atom. The largest absolute Gasteiger partial charge is 0.396 e. The van der Waals surface area contributed by atoms with Gasteiger partial charge in [-0.2, -0.15) is 0 Å². The quantitative estimate of drug-likeness (QED) is 0.771. The molecule has 3 atom stereocenters. The van der Waals surface area contributed by atoms with Crippen LogP contribution in [0.25, 0.3) is 0 Å². The van der Waals surface area contributed by atoms with Crippen LogP contribution in [0, 0.1) is 5.92 Å². The molecule has 1 aromatic heterocycles. The molecule has 1 saturated carbocycles. The number of nitrogens with one attached hydrogen (secondary N) is 1. The van der Waals surface area contributed by atoms with Gasteiger partial charge in [-0.15, -0.1) is 11.3 Å². The number of thiophene rings is 1. The van der Waals surface area contributed by atoms with Gasteiger partial charge in [-0.3, -0.25) is 0 Å². The Kier molecular flexibility index (Phi) is 4.82. The van der Waals surface area contributed by atoms with E-state index in [1.807, 2.05) is 12.1 Å². The Bertz CT molecular complexity index is 358. The van der Waals surface area contributed by atoms with Gasteiger partial charge in [0.05, 0.1) is 10.4 Å². The zero-order valence-corrected chi connectivity index (χ0v) is 11.3. The fourth-order valence-corrected chi connectivity index (χ4v) is 3.65. The topological polar surface area (TPSA) is 58.3 Å². The van der Waals surface area contributed by atoms with Gasteiger partial charge < -0.3 is 16.2 Å². The average molecular weight is 275 g/mol. The molecule has 0 amide bonds. The van der Waals surface area contributed by atoms with Gasteiger partial charge in [0.2, 0.25) is 0 Å². The summed E-state index contributed by atoms with van der Waals surface area (Å²) in [7, 11) is 0. The Labute approximate surface area is 111 Å². The minimum atomic E-state index is 0.157. The maximum absolute atomic E-state index is 9.31. The van der Waals surface area contributed by atoms with Crippen LogP contribution in [0.1, 0.15) is 30.2 Å². The molecule has 0 aliphatic heterocycles. The standard InChI is InChI=1S/C12H19ClN2OS/c13-12-5-4-11(17-12)10(6-14)15-9-3-1-2-8(9)7-16/h4-5,8-10,15-16H,1-3,6-7,14H2. The number of nitrogens with two attached hydrogens (primary N) is 1. The fourth-order valence-electron chi connectivity index (χ4n) is 2.52. The molecule has 1 aromatic rings. The van der Waals surface area contributed by atoms with Crippen molar-refractivity contribution >= 4 is 22.9 Å². The Morgan fingerprint density at radius 3 is 2.94 bits per heavy atom. The lowest BCUT2D eigenvalue weighted by molar-refractivity contribution is 0.200. The van der Waals surface area contributed by atoms with E-state index in [9.17, 15) is 5.11 Å². The molecule has 0 bridgehead atoms. The maximum Gasteiger partial charge on any atom is 0.0931 e. The molecule has 4 N–H and O–H groups in total. The monoisotopic (exact) mass is 274 g/mol. The summed E-state index contributed by atoms with van der Waals surface area (Å²) in [5.74, 6) is 0.375. The normalized spacial score (nSPS) is 26.3. The van der Waals surface area contributed by atoms with Gasteiger partial charge in [-0.1, -0.05) is 18.0 Å². The van der Waals surface area contributed by atoms with Gasteiger partial charge in [0.15, 0.2) is 0 Å². The van der Waals surface area contributed by atoms with Crippen LogP contribution < -0.4 is 11.1 Å². The number of aliphatic hydroxyl groups is 1. The molecule has 0 aromatic carbocycles. The lowest BCUT2D eigenvalue weighted by Gasteiger charge is -2.24. The third-order valence-corrected chi connectivity index (χ3v) is 4.83. The van der Waals surface area contributed by atoms with Gasteiger partial charge in [0, 0.05) is 24.1 Å². The third kappa shape index (κ3) is 3.20. The molecule has 3 nitrogen and oxygen atoms in total.